The van der Waals surface area contributed by atoms with Gasteiger partial charge >= 0.3 is 12.3 Å². The summed E-state index contributed by atoms with van der Waals surface area (Å²) < 4.78 is 65.0. The Morgan fingerprint density at radius 3 is 2.51 bits per heavy atom. The van der Waals surface area contributed by atoms with Gasteiger partial charge in [0.05, 0.1) is 34.3 Å². The number of anilines is 2. The summed E-state index contributed by atoms with van der Waals surface area (Å²) in [5.74, 6) is -2.82. The molecule has 1 aromatic heterocycles. The third-order valence-corrected chi connectivity index (χ3v) is 10.4. The number of aromatic carboxylic acids is 1. The number of alkyl halides is 2. The molecule has 2 saturated heterocycles. The van der Waals surface area contributed by atoms with Crippen LogP contribution in [-0.4, -0.2) is 67.4 Å². The molecule has 2 N–H and O–H groups in total. The molecule has 1 amide bonds. The molecule has 0 radical (unpaired) electrons. The topological polar surface area (TPSA) is 144 Å². The molecule has 0 atom stereocenters. The van der Waals surface area contributed by atoms with Crippen molar-refractivity contribution in [3.8, 4) is 17.2 Å². The largest absolute Gasteiger partial charge is 0.586 e. The number of hydrogen-bond acceptors (Lipinski definition) is 10. The second-order valence-electron chi connectivity index (χ2n) is 8.87. The second kappa shape index (κ2) is 7.64. The molecule has 3 aliphatic heterocycles. The van der Waals surface area contributed by atoms with Crippen molar-refractivity contribution in [1.82, 2.24) is 4.98 Å². The quantitative estimate of drug-likeness (QED) is 0.484. The number of ether oxygens (including phenoxy) is 3. The van der Waals surface area contributed by atoms with Gasteiger partial charge in [0.25, 0.3) is 5.91 Å². The standard InChI is InChI=1S/C22H17F2N3O8S2/c1-33-13-3-2-11-17(36-20(26-11)27-8-21(9-27)4-5-37(21,31)32)16(13)18(28)25-12-7-15-14(6-10(12)19(29)30)34-22(23,24)35-15/h2-3,6-7H,4-5,8-9H2,1H3,(H,25,28)(H,29,30). The fraction of sp³-hybridized carbons (Fsp3) is 0.318. The molecule has 3 aliphatic rings. The summed E-state index contributed by atoms with van der Waals surface area (Å²) in [6.45, 7) is 0.634. The maximum atomic E-state index is 13.5. The van der Waals surface area contributed by atoms with Gasteiger partial charge in [-0.3, -0.25) is 4.79 Å². The van der Waals surface area contributed by atoms with Gasteiger partial charge in [0, 0.05) is 25.2 Å². The molecule has 2 fully saturated rings. The van der Waals surface area contributed by atoms with Crippen LogP contribution in [0.1, 0.15) is 27.1 Å². The average molecular weight is 554 g/mol. The first-order valence-electron chi connectivity index (χ1n) is 10.9. The molecule has 37 heavy (non-hydrogen) atoms. The van der Waals surface area contributed by atoms with Crippen molar-refractivity contribution >= 4 is 54.1 Å². The lowest BCUT2D eigenvalue weighted by atomic mass is 9.95. The van der Waals surface area contributed by atoms with Crippen molar-refractivity contribution in [3.63, 3.8) is 0 Å². The van der Waals surface area contributed by atoms with Gasteiger partial charge in [-0.05, 0) is 18.6 Å². The first-order valence-corrected chi connectivity index (χ1v) is 13.3. The lowest BCUT2D eigenvalue weighted by molar-refractivity contribution is -0.286. The number of benzene rings is 2. The number of aromatic nitrogens is 1. The van der Waals surface area contributed by atoms with Crippen molar-refractivity contribution < 1.29 is 46.1 Å². The number of rotatable bonds is 5. The normalized spacial score (nSPS) is 19.8. The van der Waals surface area contributed by atoms with E-state index in [0.717, 1.165) is 23.5 Å². The van der Waals surface area contributed by atoms with Crippen molar-refractivity contribution in [2.24, 2.45) is 0 Å². The van der Waals surface area contributed by atoms with Gasteiger partial charge in [-0.25, -0.2) is 18.2 Å². The molecule has 0 unspecified atom stereocenters. The highest BCUT2D eigenvalue weighted by Gasteiger charge is 2.60. The molecule has 11 nitrogen and oxygen atoms in total. The van der Waals surface area contributed by atoms with E-state index in [2.05, 4.69) is 19.8 Å². The zero-order chi connectivity index (χ0) is 26.3. The summed E-state index contributed by atoms with van der Waals surface area (Å²) >= 11 is 1.16. The number of carbonyl (C=O) groups excluding carboxylic acids is 1. The number of sulfone groups is 1. The van der Waals surface area contributed by atoms with Gasteiger partial charge in [-0.15, -0.1) is 8.78 Å². The molecule has 3 aromatic rings. The minimum absolute atomic E-state index is 0.0505. The van der Waals surface area contributed by atoms with E-state index in [-0.39, 0.29) is 22.8 Å². The van der Waals surface area contributed by atoms with Crippen molar-refractivity contribution in [2.75, 3.05) is 36.2 Å². The van der Waals surface area contributed by atoms with Crippen LogP contribution in [0.25, 0.3) is 10.2 Å². The second-order valence-corrected chi connectivity index (χ2v) is 12.3. The maximum absolute atomic E-state index is 13.5. The highest BCUT2D eigenvalue weighted by molar-refractivity contribution is 7.94. The minimum atomic E-state index is -3.97. The van der Waals surface area contributed by atoms with Crippen LogP contribution in [-0.2, 0) is 9.84 Å². The van der Waals surface area contributed by atoms with Crippen LogP contribution in [0.2, 0.25) is 0 Å². The summed E-state index contributed by atoms with van der Waals surface area (Å²) in [5.41, 5.74) is -0.278. The predicted octanol–water partition coefficient (Wildman–Crippen LogP) is 2.95. The van der Waals surface area contributed by atoms with Crippen LogP contribution in [0.3, 0.4) is 0 Å². The highest BCUT2D eigenvalue weighted by Crippen LogP contribution is 2.47. The Kier molecular flexibility index (Phi) is 4.89. The molecule has 4 heterocycles. The number of carboxylic acids is 1. The third kappa shape index (κ3) is 3.55. The lowest BCUT2D eigenvalue weighted by Crippen LogP contribution is -2.72. The van der Waals surface area contributed by atoms with Crippen LogP contribution in [0, 0.1) is 0 Å². The molecule has 0 bridgehead atoms. The van der Waals surface area contributed by atoms with E-state index in [1.54, 1.807) is 6.07 Å². The number of nitrogens with one attached hydrogen (secondary N) is 1. The number of fused-ring (bicyclic) bond motifs is 2. The van der Waals surface area contributed by atoms with E-state index < -0.39 is 49.8 Å². The summed E-state index contributed by atoms with van der Waals surface area (Å²) in [6.07, 6.45) is -3.37. The molecule has 6 rings (SSSR count). The van der Waals surface area contributed by atoms with E-state index in [4.69, 9.17) is 4.74 Å². The number of hydrogen-bond donors (Lipinski definition) is 2. The van der Waals surface area contributed by atoms with Gasteiger partial charge < -0.3 is 29.5 Å². The monoisotopic (exact) mass is 553 g/mol. The molecule has 1 spiro atoms. The van der Waals surface area contributed by atoms with Gasteiger partial charge in [0.1, 0.15) is 16.1 Å². The predicted molar refractivity (Wildman–Crippen MR) is 127 cm³/mol. The number of carbonyl (C=O) groups is 2. The summed E-state index contributed by atoms with van der Waals surface area (Å²) in [6, 6.07) is 4.95. The summed E-state index contributed by atoms with van der Waals surface area (Å²) in [7, 11) is -1.76. The Bertz CT molecular complexity index is 1620. The number of halogens is 2. The molecular weight excluding hydrogens is 536 g/mol. The zero-order valence-electron chi connectivity index (χ0n) is 18.9. The minimum Gasteiger partial charge on any atom is -0.496 e. The van der Waals surface area contributed by atoms with Crippen LogP contribution < -0.4 is 24.4 Å². The molecule has 2 aromatic carbocycles. The number of carboxylic acid groups (broad SMARTS) is 1. The van der Waals surface area contributed by atoms with Gasteiger partial charge in [0.15, 0.2) is 26.5 Å². The fourth-order valence-corrected chi connectivity index (χ4v) is 7.56. The van der Waals surface area contributed by atoms with Crippen LogP contribution in [0.5, 0.6) is 17.2 Å². The number of thiazole rings is 1. The van der Waals surface area contributed by atoms with E-state index in [1.807, 2.05) is 4.90 Å². The maximum Gasteiger partial charge on any atom is 0.586 e. The van der Waals surface area contributed by atoms with Crippen LogP contribution in [0.4, 0.5) is 19.6 Å². The molecular formula is C22H17F2N3O8S2. The lowest BCUT2D eigenvalue weighted by Gasteiger charge is -2.54. The molecule has 15 heteroatoms. The Labute approximate surface area is 211 Å². The Morgan fingerprint density at radius 1 is 1.22 bits per heavy atom. The highest BCUT2D eigenvalue weighted by atomic mass is 32.2. The molecule has 194 valence electrons. The Hall–Kier alpha value is -3.72. The molecule has 0 aliphatic carbocycles. The first kappa shape index (κ1) is 23.7. The van der Waals surface area contributed by atoms with Crippen LogP contribution >= 0.6 is 11.3 Å². The van der Waals surface area contributed by atoms with Gasteiger partial charge in [0.2, 0.25) is 0 Å². The van der Waals surface area contributed by atoms with E-state index in [0.29, 0.717) is 34.9 Å². The van der Waals surface area contributed by atoms with E-state index in [9.17, 15) is 31.9 Å². The average Bonchev–Trinajstić information content (AvgIpc) is 3.34. The number of amides is 1. The SMILES string of the molecule is COc1ccc2nc(N3CC4(CCS4(=O)=O)C3)sc2c1C(=O)Nc1cc2c(cc1C(=O)O)OC(F)(F)O2. The third-order valence-electron chi connectivity index (χ3n) is 6.69. The molecule has 0 saturated carbocycles. The summed E-state index contributed by atoms with van der Waals surface area (Å²) in [5, 5.41) is 12.5. The van der Waals surface area contributed by atoms with Crippen molar-refractivity contribution in [1.29, 1.82) is 0 Å². The van der Waals surface area contributed by atoms with E-state index in [1.165, 1.54) is 13.2 Å². The van der Waals surface area contributed by atoms with Crippen molar-refractivity contribution in [3.05, 3.63) is 35.4 Å². The summed E-state index contributed by atoms with van der Waals surface area (Å²) in [4.78, 5) is 31.5. The zero-order valence-corrected chi connectivity index (χ0v) is 20.5. The number of nitrogens with zero attached hydrogens (tertiary/aromatic N) is 2. The van der Waals surface area contributed by atoms with Gasteiger partial charge in [-0.2, -0.15) is 0 Å². The first-order chi connectivity index (χ1) is 17.4. The van der Waals surface area contributed by atoms with E-state index >= 15 is 0 Å². The Morgan fingerprint density at radius 2 is 1.92 bits per heavy atom. The van der Waals surface area contributed by atoms with Gasteiger partial charge in [-0.1, -0.05) is 11.3 Å². The number of methoxy groups -OCH3 is 1. The van der Waals surface area contributed by atoms with Crippen molar-refractivity contribution in [2.45, 2.75) is 17.5 Å². The smallest absolute Gasteiger partial charge is 0.496 e. The Balaban J connectivity index is 1.34. The fourth-order valence-electron chi connectivity index (χ4n) is 4.64. The van der Waals surface area contributed by atoms with Crippen LogP contribution in [0.15, 0.2) is 24.3 Å².